The number of nitrogens with zero attached hydrogens (tertiary/aromatic N) is 5. The lowest BCUT2D eigenvalue weighted by atomic mass is 9.76. The zero-order valence-corrected chi connectivity index (χ0v) is 23.7. The highest BCUT2D eigenvalue weighted by Crippen LogP contribution is 2.42. The van der Waals surface area contributed by atoms with Crippen molar-refractivity contribution >= 4 is 17.7 Å². The van der Waals surface area contributed by atoms with Crippen LogP contribution in [0.4, 0.5) is 24.9 Å². The molecule has 0 bridgehead atoms. The maximum absolute atomic E-state index is 14.6. The third-order valence-corrected chi connectivity index (χ3v) is 8.21. The number of rotatable bonds is 9. The molecular weight excluding hydrogens is 551 g/mol. The first-order valence-corrected chi connectivity index (χ1v) is 14.2. The number of aryl methyl sites for hydroxylation is 2. The van der Waals surface area contributed by atoms with E-state index in [9.17, 15) is 23.1 Å². The number of ether oxygens (including phenoxy) is 1. The van der Waals surface area contributed by atoms with Crippen LogP contribution in [0.2, 0.25) is 0 Å². The van der Waals surface area contributed by atoms with Gasteiger partial charge in [0.05, 0.1) is 11.4 Å². The molecule has 0 unspecified atom stereocenters. The molecule has 0 radical (unpaired) electrons. The van der Waals surface area contributed by atoms with Gasteiger partial charge in [-0.15, -0.1) is 0 Å². The van der Waals surface area contributed by atoms with Crippen molar-refractivity contribution in [1.29, 1.82) is 0 Å². The summed E-state index contributed by atoms with van der Waals surface area (Å²) in [5.74, 6) is -0.978. The highest BCUT2D eigenvalue weighted by atomic mass is 19.4. The Morgan fingerprint density at radius 3 is 2.62 bits per heavy atom. The highest BCUT2D eigenvalue weighted by molar-refractivity contribution is 5.74. The van der Waals surface area contributed by atoms with E-state index < -0.39 is 24.3 Å². The first-order valence-electron chi connectivity index (χ1n) is 14.2. The highest BCUT2D eigenvalue weighted by Gasteiger charge is 2.46. The molecule has 0 aliphatic carbocycles. The summed E-state index contributed by atoms with van der Waals surface area (Å²) in [5.41, 5.74) is 7.59. The lowest BCUT2D eigenvalue weighted by Gasteiger charge is -2.39. The number of nitrogen functional groups attached to an aromatic ring is 1. The molecule has 2 aromatic heterocycles. The van der Waals surface area contributed by atoms with Gasteiger partial charge in [0.2, 0.25) is 17.9 Å². The van der Waals surface area contributed by atoms with Gasteiger partial charge in [0.1, 0.15) is 11.9 Å². The summed E-state index contributed by atoms with van der Waals surface area (Å²) in [4.78, 5) is 21.6. The minimum absolute atomic E-state index is 0.0915. The van der Waals surface area contributed by atoms with Crippen molar-refractivity contribution in [2.24, 2.45) is 5.41 Å². The number of benzene rings is 1. The second-order valence-corrected chi connectivity index (χ2v) is 11.3. The number of carboxylic acid groups (broad SMARTS) is 1. The van der Waals surface area contributed by atoms with Crippen LogP contribution in [-0.4, -0.2) is 62.7 Å². The Bertz CT molecular complexity index is 1420. The topological polar surface area (TPSA) is 131 Å². The summed E-state index contributed by atoms with van der Waals surface area (Å²) in [6, 6.07) is 7.43. The fourth-order valence-corrected chi connectivity index (χ4v) is 5.86. The van der Waals surface area contributed by atoms with Crippen LogP contribution in [0.3, 0.4) is 0 Å². The second-order valence-electron chi connectivity index (χ2n) is 11.3. The van der Waals surface area contributed by atoms with Crippen molar-refractivity contribution in [3.05, 3.63) is 53.3 Å². The van der Waals surface area contributed by atoms with E-state index in [-0.39, 0.29) is 28.5 Å². The van der Waals surface area contributed by atoms with Gasteiger partial charge in [0.15, 0.2) is 0 Å². The van der Waals surface area contributed by atoms with E-state index in [4.69, 9.17) is 10.5 Å². The van der Waals surface area contributed by atoms with E-state index in [1.54, 1.807) is 31.3 Å². The first kappa shape index (κ1) is 29.6. The van der Waals surface area contributed by atoms with Gasteiger partial charge >= 0.3 is 12.1 Å². The van der Waals surface area contributed by atoms with Crippen molar-refractivity contribution < 1.29 is 27.8 Å². The van der Waals surface area contributed by atoms with Gasteiger partial charge in [0, 0.05) is 37.5 Å². The first-order chi connectivity index (χ1) is 20.0. The zero-order valence-electron chi connectivity index (χ0n) is 23.7. The monoisotopic (exact) mass is 587 g/mol. The van der Waals surface area contributed by atoms with Crippen molar-refractivity contribution in [2.45, 2.75) is 70.7 Å². The summed E-state index contributed by atoms with van der Waals surface area (Å²) in [5, 5.41) is 16.8. The quantitative estimate of drug-likeness (QED) is 0.328. The molecule has 1 spiro atoms. The Morgan fingerprint density at radius 2 is 2.00 bits per heavy atom. The maximum atomic E-state index is 14.6. The van der Waals surface area contributed by atoms with Gasteiger partial charge in [-0.3, -0.25) is 4.79 Å². The number of unbranched alkanes of at least 4 members (excludes halogenated alkanes) is 1. The molecule has 0 amide bonds. The van der Waals surface area contributed by atoms with Crippen molar-refractivity contribution in [3.8, 4) is 11.6 Å². The van der Waals surface area contributed by atoms with Gasteiger partial charge < -0.3 is 25.8 Å². The molecular formula is C29H36F3N7O3. The van der Waals surface area contributed by atoms with E-state index in [0.717, 1.165) is 24.8 Å². The van der Waals surface area contributed by atoms with Gasteiger partial charge in [-0.25, -0.2) is 4.68 Å². The van der Waals surface area contributed by atoms with Gasteiger partial charge in [-0.05, 0) is 62.1 Å². The zero-order chi connectivity index (χ0) is 30.1. The third-order valence-electron chi connectivity index (χ3n) is 8.21. The number of carbonyl (C=O) groups is 1. The van der Waals surface area contributed by atoms with Crippen molar-refractivity contribution in [3.63, 3.8) is 0 Å². The number of carboxylic acids is 1. The Labute approximate surface area is 242 Å². The van der Waals surface area contributed by atoms with E-state index in [1.807, 2.05) is 4.90 Å². The number of piperidine rings is 1. The van der Waals surface area contributed by atoms with E-state index in [2.05, 4.69) is 27.3 Å². The van der Waals surface area contributed by atoms with Crippen molar-refractivity contribution in [2.75, 3.05) is 30.3 Å². The molecule has 2 saturated heterocycles. The molecule has 2 fully saturated rings. The summed E-state index contributed by atoms with van der Waals surface area (Å²) in [6.07, 6.45) is -0.895. The lowest BCUT2D eigenvalue weighted by molar-refractivity contribution is -0.198. The number of anilines is 2. The molecule has 2 aliphatic rings. The minimum atomic E-state index is -4.77. The van der Waals surface area contributed by atoms with Gasteiger partial charge in [-0.2, -0.15) is 28.2 Å². The van der Waals surface area contributed by atoms with Crippen LogP contribution >= 0.6 is 0 Å². The van der Waals surface area contributed by atoms with Crippen LogP contribution in [0.5, 0.6) is 5.88 Å². The summed E-state index contributed by atoms with van der Waals surface area (Å²) >= 11 is 0. The smallest absolute Gasteiger partial charge is 0.429 e. The Balaban J connectivity index is 1.41. The van der Waals surface area contributed by atoms with Crippen LogP contribution in [0.25, 0.3) is 5.69 Å². The SMILES string of the molecule is CCCCc1ccc([C@@H](Oc2cc(N3CCC4(CC3)CN[C@H](C(=O)O)C4)nc(N)n2)C(F)(F)F)c(-n2ccc(C)n2)c1. The van der Waals surface area contributed by atoms with Gasteiger partial charge in [-0.1, -0.05) is 25.5 Å². The number of nitrogens with two attached hydrogens (primary N) is 1. The molecule has 226 valence electrons. The van der Waals surface area contributed by atoms with Crippen LogP contribution in [0.15, 0.2) is 36.5 Å². The fraction of sp³-hybridized carbons (Fsp3) is 0.517. The molecule has 4 heterocycles. The number of nitrogens with one attached hydrogen (secondary N) is 1. The lowest BCUT2D eigenvalue weighted by Crippen LogP contribution is -2.41. The minimum Gasteiger partial charge on any atom is -0.480 e. The number of aromatic nitrogens is 4. The molecule has 2 atom stereocenters. The average Bonchev–Trinajstić information content (AvgIpc) is 3.57. The number of halogens is 3. The molecule has 2 aliphatic heterocycles. The largest absolute Gasteiger partial charge is 0.480 e. The summed E-state index contributed by atoms with van der Waals surface area (Å²) in [6.45, 7) is 5.55. The molecule has 3 aromatic rings. The Kier molecular flexibility index (Phi) is 8.31. The maximum Gasteiger partial charge on any atom is 0.429 e. The molecule has 4 N–H and O–H groups in total. The molecule has 42 heavy (non-hydrogen) atoms. The van der Waals surface area contributed by atoms with E-state index in [0.29, 0.717) is 50.4 Å². The molecule has 1 aromatic carbocycles. The summed E-state index contributed by atoms with van der Waals surface area (Å²) < 4.78 is 50.9. The van der Waals surface area contributed by atoms with E-state index in [1.165, 1.54) is 16.8 Å². The van der Waals surface area contributed by atoms with Crippen LogP contribution in [-0.2, 0) is 11.2 Å². The number of hydrogen-bond donors (Lipinski definition) is 3. The average molecular weight is 588 g/mol. The van der Waals surface area contributed by atoms with E-state index >= 15 is 0 Å². The molecule has 5 rings (SSSR count). The van der Waals surface area contributed by atoms with Crippen LogP contribution < -0.4 is 20.7 Å². The second kappa shape index (κ2) is 11.8. The fourth-order valence-electron chi connectivity index (χ4n) is 5.86. The number of alkyl halides is 3. The standard InChI is InChI=1S/C29H36F3N7O3/c1-3-4-5-19-6-7-20(22(14-19)39-11-8-18(2)37-39)25(29(30,31)32)42-24-15-23(35-27(33)36-24)38-12-9-28(10-13-38)16-21(26(40)41)34-17-28/h6-8,11,14-15,21,25,34H,3-5,9-10,12-13,16-17H2,1-2H3,(H,40,41)(H2,33,35,36)/t21-,25+/m0/s1. The molecule has 0 saturated carbocycles. The number of aliphatic carboxylic acids is 1. The van der Waals surface area contributed by atoms with Crippen LogP contribution in [0, 0.1) is 12.3 Å². The Hall–Kier alpha value is -3.87. The predicted octanol–water partition coefficient (Wildman–Crippen LogP) is 4.61. The number of hydrogen-bond acceptors (Lipinski definition) is 8. The van der Waals surface area contributed by atoms with Crippen LogP contribution in [0.1, 0.15) is 62.0 Å². The predicted molar refractivity (Wildman–Crippen MR) is 151 cm³/mol. The molecule has 13 heteroatoms. The van der Waals surface area contributed by atoms with Gasteiger partial charge in [0.25, 0.3) is 0 Å². The normalized spacial score (nSPS) is 19.3. The van der Waals surface area contributed by atoms with Crippen molar-refractivity contribution in [1.82, 2.24) is 25.1 Å². The Morgan fingerprint density at radius 1 is 1.24 bits per heavy atom. The summed E-state index contributed by atoms with van der Waals surface area (Å²) in [7, 11) is 0. The molecule has 10 nitrogen and oxygen atoms in total. The third kappa shape index (κ3) is 6.45.